The van der Waals surface area contributed by atoms with Crippen LogP contribution in [0.15, 0.2) is 43.0 Å². The fourth-order valence-corrected chi connectivity index (χ4v) is 1.25. The number of carbonyl (C=O) groups excluding carboxylic acids is 2. The van der Waals surface area contributed by atoms with Crippen LogP contribution in [0.1, 0.15) is 20.7 Å². The fraction of sp³-hybridized carbons (Fsp3) is 0. The van der Waals surface area contributed by atoms with E-state index in [9.17, 15) is 9.59 Å². The van der Waals surface area contributed by atoms with Gasteiger partial charge in [-0.3, -0.25) is 0 Å². The number of H-pyrrole nitrogens is 1. The van der Waals surface area contributed by atoms with Crippen molar-refractivity contribution in [3.8, 4) is 0 Å². The smallest absolute Gasteiger partial charge is 0.346 e. The topological polar surface area (TPSA) is 72.1 Å². The van der Waals surface area contributed by atoms with E-state index in [4.69, 9.17) is 0 Å². The van der Waals surface area contributed by atoms with E-state index in [0.29, 0.717) is 11.1 Å². The molecule has 0 aliphatic carbocycles. The summed E-state index contributed by atoms with van der Waals surface area (Å²) >= 11 is 0. The number of rotatable bonds is 0. The summed E-state index contributed by atoms with van der Waals surface area (Å²) in [5.74, 6) is -1.10. The molecule has 1 aliphatic heterocycles. The Bertz CT molecular complexity index is 455. The number of carbonyl (C=O) groups is 2. The molecule has 3 rings (SSSR count). The number of aromatic amines is 1. The molecule has 2 heterocycles. The third-order valence-corrected chi connectivity index (χ3v) is 1.96. The zero-order chi connectivity index (χ0) is 11.4. The standard InChI is InChI=1S/C8H4O3.C3H4N2/c9-7-5-3-1-2-4-6(5)8(10)11-7;1-2-5-3-4-1/h1-4H;1-3H,(H,4,5). The summed E-state index contributed by atoms with van der Waals surface area (Å²) in [6, 6.07) is 6.53. The Hall–Kier alpha value is -2.43. The van der Waals surface area contributed by atoms with Crippen molar-refractivity contribution >= 4 is 11.9 Å². The molecule has 0 spiro atoms. The van der Waals surface area contributed by atoms with Crippen LogP contribution < -0.4 is 0 Å². The summed E-state index contributed by atoms with van der Waals surface area (Å²) in [4.78, 5) is 28.1. The number of cyclic esters (lactones) is 2. The first-order chi connectivity index (χ1) is 7.79. The summed E-state index contributed by atoms with van der Waals surface area (Å²) in [6.45, 7) is 0. The number of aromatic nitrogens is 2. The van der Waals surface area contributed by atoms with Gasteiger partial charge in [-0.1, -0.05) is 12.1 Å². The molecule has 80 valence electrons. The third-order valence-electron chi connectivity index (χ3n) is 1.96. The van der Waals surface area contributed by atoms with Gasteiger partial charge in [-0.25, -0.2) is 14.6 Å². The molecule has 5 heteroatoms. The summed E-state index contributed by atoms with van der Waals surface area (Å²) < 4.78 is 4.35. The molecular formula is C11H8N2O3. The Balaban J connectivity index is 0.000000162. The second kappa shape index (κ2) is 4.39. The largest absolute Gasteiger partial charge is 0.386 e. The van der Waals surface area contributed by atoms with Crippen LogP contribution in [0, 0.1) is 0 Å². The van der Waals surface area contributed by atoms with Gasteiger partial charge in [0.2, 0.25) is 0 Å². The van der Waals surface area contributed by atoms with Crippen molar-refractivity contribution in [2.45, 2.75) is 0 Å². The molecule has 0 fully saturated rings. The molecular weight excluding hydrogens is 208 g/mol. The van der Waals surface area contributed by atoms with Crippen molar-refractivity contribution in [3.63, 3.8) is 0 Å². The number of hydrogen-bond donors (Lipinski definition) is 1. The molecule has 2 aromatic rings. The second-order valence-corrected chi connectivity index (χ2v) is 2.98. The van der Waals surface area contributed by atoms with E-state index in [1.54, 1.807) is 43.0 Å². The maximum atomic E-state index is 10.8. The Morgan fingerprint density at radius 3 is 2.06 bits per heavy atom. The Morgan fingerprint density at radius 1 is 1.06 bits per heavy atom. The number of nitrogens with one attached hydrogen (secondary N) is 1. The van der Waals surface area contributed by atoms with Crippen LogP contribution >= 0.6 is 0 Å². The number of ether oxygens (including phenoxy) is 1. The van der Waals surface area contributed by atoms with Crippen molar-refractivity contribution in [2.24, 2.45) is 0 Å². The molecule has 1 N–H and O–H groups in total. The minimum atomic E-state index is -0.550. The predicted molar refractivity (Wildman–Crippen MR) is 54.8 cm³/mol. The van der Waals surface area contributed by atoms with E-state index in [1.165, 1.54) is 0 Å². The van der Waals surface area contributed by atoms with E-state index in [0.717, 1.165) is 0 Å². The lowest BCUT2D eigenvalue weighted by Gasteiger charge is -1.86. The van der Waals surface area contributed by atoms with Crippen molar-refractivity contribution in [1.29, 1.82) is 0 Å². The van der Waals surface area contributed by atoms with Crippen molar-refractivity contribution in [2.75, 3.05) is 0 Å². The zero-order valence-electron chi connectivity index (χ0n) is 8.21. The first-order valence-corrected chi connectivity index (χ1v) is 4.57. The van der Waals surface area contributed by atoms with Crippen LogP contribution in [0.4, 0.5) is 0 Å². The molecule has 1 aliphatic rings. The van der Waals surface area contributed by atoms with Crippen LogP contribution in [0.25, 0.3) is 0 Å². The van der Waals surface area contributed by atoms with Gasteiger partial charge in [0.1, 0.15) is 0 Å². The Kier molecular flexibility index (Phi) is 2.77. The molecule has 16 heavy (non-hydrogen) atoms. The molecule has 0 saturated heterocycles. The fourth-order valence-electron chi connectivity index (χ4n) is 1.25. The highest BCUT2D eigenvalue weighted by Gasteiger charge is 2.28. The van der Waals surface area contributed by atoms with Crippen LogP contribution in [0.3, 0.4) is 0 Å². The minimum Gasteiger partial charge on any atom is -0.386 e. The quantitative estimate of drug-likeness (QED) is 0.533. The predicted octanol–water partition coefficient (Wildman–Crippen LogP) is 1.41. The Labute approximate surface area is 91.1 Å². The average Bonchev–Trinajstić information content (AvgIpc) is 2.94. The van der Waals surface area contributed by atoms with E-state index >= 15 is 0 Å². The monoisotopic (exact) mass is 216 g/mol. The number of fused-ring (bicyclic) bond motifs is 1. The first kappa shape index (κ1) is 10.1. The summed E-state index contributed by atoms with van der Waals surface area (Å²) in [5.41, 5.74) is 0.718. The van der Waals surface area contributed by atoms with Crippen LogP contribution in [0.2, 0.25) is 0 Å². The molecule has 1 aromatic carbocycles. The highest BCUT2D eigenvalue weighted by molar-refractivity contribution is 6.14. The van der Waals surface area contributed by atoms with E-state index in [-0.39, 0.29) is 0 Å². The van der Waals surface area contributed by atoms with E-state index < -0.39 is 11.9 Å². The van der Waals surface area contributed by atoms with E-state index in [2.05, 4.69) is 14.7 Å². The second-order valence-electron chi connectivity index (χ2n) is 2.98. The normalized spacial score (nSPS) is 12.5. The lowest BCUT2D eigenvalue weighted by Crippen LogP contribution is -1.96. The van der Waals surface area contributed by atoms with Gasteiger partial charge in [0.25, 0.3) is 0 Å². The van der Waals surface area contributed by atoms with Gasteiger partial charge in [0, 0.05) is 12.4 Å². The average molecular weight is 216 g/mol. The van der Waals surface area contributed by atoms with E-state index in [1.807, 2.05) is 0 Å². The molecule has 0 bridgehead atoms. The van der Waals surface area contributed by atoms with Gasteiger partial charge < -0.3 is 9.72 Å². The van der Waals surface area contributed by atoms with Crippen molar-refractivity contribution in [3.05, 3.63) is 54.1 Å². The Morgan fingerprint density at radius 2 is 1.69 bits per heavy atom. The third kappa shape index (κ3) is 1.98. The van der Waals surface area contributed by atoms with Gasteiger partial charge >= 0.3 is 11.9 Å². The molecule has 0 atom stereocenters. The SMILES string of the molecule is O=C1OC(=O)c2ccccc21.c1c[nH]cn1. The molecule has 0 radical (unpaired) electrons. The van der Waals surface area contributed by atoms with Gasteiger partial charge in [-0.15, -0.1) is 0 Å². The zero-order valence-corrected chi connectivity index (χ0v) is 8.21. The molecule has 5 nitrogen and oxygen atoms in total. The van der Waals surface area contributed by atoms with Gasteiger partial charge in [-0.05, 0) is 12.1 Å². The first-order valence-electron chi connectivity index (χ1n) is 4.57. The summed E-state index contributed by atoms with van der Waals surface area (Å²) in [6.07, 6.45) is 5.08. The number of imidazole rings is 1. The number of hydrogen-bond acceptors (Lipinski definition) is 4. The summed E-state index contributed by atoms with van der Waals surface area (Å²) in [7, 11) is 0. The highest BCUT2D eigenvalue weighted by Crippen LogP contribution is 2.18. The van der Waals surface area contributed by atoms with Gasteiger partial charge in [0.05, 0.1) is 17.5 Å². The molecule has 0 saturated carbocycles. The molecule has 1 aromatic heterocycles. The van der Waals surface area contributed by atoms with Gasteiger partial charge in [0.15, 0.2) is 0 Å². The van der Waals surface area contributed by atoms with Crippen LogP contribution in [0.5, 0.6) is 0 Å². The van der Waals surface area contributed by atoms with Crippen molar-refractivity contribution < 1.29 is 14.3 Å². The van der Waals surface area contributed by atoms with Gasteiger partial charge in [-0.2, -0.15) is 0 Å². The van der Waals surface area contributed by atoms with Crippen molar-refractivity contribution in [1.82, 2.24) is 9.97 Å². The van der Waals surface area contributed by atoms with Crippen LogP contribution in [-0.2, 0) is 4.74 Å². The number of benzene rings is 1. The maximum Gasteiger partial charge on any atom is 0.346 e. The maximum absolute atomic E-state index is 10.8. The summed E-state index contributed by atoms with van der Waals surface area (Å²) in [5, 5.41) is 0. The number of esters is 2. The molecule has 0 amide bonds. The van der Waals surface area contributed by atoms with Crippen LogP contribution in [-0.4, -0.2) is 21.9 Å². The highest BCUT2D eigenvalue weighted by atomic mass is 16.6. The lowest BCUT2D eigenvalue weighted by molar-refractivity contribution is 0.0444. The minimum absolute atomic E-state index is 0.359. The molecule has 0 unspecified atom stereocenters. The number of nitrogens with zero attached hydrogens (tertiary/aromatic N) is 1. The lowest BCUT2D eigenvalue weighted by atomic mass is 10.1.